The molecule has 5 nitrogen and oxygen atoms in total. The first-order valence-electron chi connectivity index (χ1n) is 9.40. The maximum absolute atomic E-state index is 13.0. The molecular weight excluding hydrogens is 379 g/mol. The molecule has 2 aromatic rings. The zero-order chi connectivity index (χ0) is 20.3. The Morgan fingerprint density at radius 3 is 2.43 bits per heavy atom. The summed E-state index contributed by atoms with van der Waals surface area (Å²) in [7, 11) is -2.52. The van der Waals surface area contributed by atoms with Crippen LogP contribution in [-0.2, 0) is 27.7 Å². The van der Waals surface area contributed by atoms with Gasteiger partial charge in [-0.05, 0) is 73.6 Å². The SMILES string of the molecule is C[C@@H](NC(=O)CN(C)S(=O)(=O)c1ccc(F)cc1)c1ccc2c(c1)CCCC2. The Balaban J connectivity index is 1.63. The Hall–Kier alpha value is -2.25. The summed E-state index contributed by atoms with van der Waals surface area (Å²) in [5.41, 5.74) is 3.72. The van der Waals surface area contributed by atoms with Gasteiger partial charge in [0, 0.05) is 7.05 Å². The molecule has 0 bridgehead atoms. The minimum Gasteiger partial charge on any atom is -0.348 e. The highest BCUT2D eigenvalue weighted by molar-refractivity contribution is 7.89. The number of hydrogen-bond acceptors (Lipinski definition) is 3. The fraction of sp³-hybridized carbons (Fsp3) is 0.381. The van der Waals surface area contributed by atoms with Crippen molar-refractivity contribution in [2.45, 2.75) is 43.5 Å². The summed E-state index contributed by atoms with van der Waals surface area (Å²) in [5, 5.41) is 2.86. The van der Waals surface area contributed by atoms with Crippen molar-refractivity contribution in [1.29, 1.82) is 0 Å². The van der Waals surface area contributed by atoms with Crippen LogP contribution >= 0.6 is 0 Å². The molecule has 2 aromatic carbocycles. The van der Waals surface area contributed by atoms with Gasteiger partial charge in [0.05, 0.1) is 17.5 Å². The van der Waals surface area contributed by atoms with E-state index in [4.69, 9.17) is 0 Å². The van der Waals surface area contributed by atoms with Crippen molar-refractivity contribution in [3.8, 4) is 0 Å². The Morgan fingerprint density at radius 2 is 1.75 bits per heavy atom. The van der Waals surface area contributed by atoms with Crippen molar-refractivity contribution < 1.29 is 17.6 Å². The lowest BCUT2D eigenvalue weighted by atomic mass is 9.89. The summed E-state index contributed by atoms with van der Waals surface area (Å²) in [6.45, 7) is 1.58. The van der Waals surface area contributed by atoms with E-state index in [1.54, 1.807) is 0 Å². The van der Waals surface area contributed by atoms with E-state index in [1.165, 1.54) is 43.1 Å². The number of nitrogens with zero attached hydrogens (tertiary/aromatic N) is 1. The standard InChI is InChI=1S/C21H25FN2O3S/c1-15(17-8-7-16-5-3-4-6-18(16)13-17)23-21(25)14-24(2)28(26,27)20-11-9-19(22)10-12-20/h7-13,15H,3-6,14H2,1-2H3,(H,23,25)/t15-/m1/s1. The molecule has 0 aliphatic heterocycles. The Morgan fingerprint density at radius 1 is 1.11 bits per heavy atom. The molecule has 0 saturated carbocycles. The van der Waals surface area contributed by atoms with Crippen LogP contribution in [0.4, 0.5) is 4.39 Å². The second-order valence-electron chi connectivity index (χ2n) is 7.24. The number of amides is 1. The monoisotopic (exact) mass is 404 g/mol. The van der Waals surface area contributed by atoms with Crippen molar-refractivity contribution >= 4 is 15.9 Å². The zero-order valence-electron chi connectivity index (χ0n) is 16.1. The van der Waals surface area contributed by atoms with E-state index in [9.17, 15) is 17.6 Å². The van der Waals surface area contributed by atoms with Crippen LogP contribution in [0.25, 0.3) is 0 Å². The quantitative estimate of drug-likeness (QED) is 0.804. The van der Waals surface area contributed by atoms with Gasteiger partial charge in [0.1, 0.15) is 5.82 Å². The van der Waals surface area contributed by atoms with Crippen molar-refractivity contribution in [2.75, 3.05) is 13.6 Å². The Labute approximate surface area is 165 Å². The van der Waals surface area contributed by atoms with Gasteiger partial charge >= 0.3 is 0 Å². The smallest absolute Gasteiger partial charge is 0.243 e. The van der Waals surface area contributed by atoms with Crippen LogP contribution in [0.5, 0.6) is 0 Å². The Bertz CT molecular complexity index is 958. The van der Waals surface area contributed by atoms with Gasteiger partial charge in [-0.1, -0.05) is 18.2 Å². The second-order valence-corrected chi connectivity index (χ2v) is 9.28. The summed E-state index contributed by atoms with van der Waals surface area (Å²) in [5.74, 6) is -0.906. The molecule has 0 unspecified atom stereocenters. The Kier molecular flexibility index (Phi) is 6.15. The number of nitrogens with one attached hydrogen (secondary N) is 1. The molecule has 0 radical (unpaired) electrons. The van der Waals surface area contributed by atoms with Gasteiger partial charge in [0.15, 0.2) is 0 Å². The fourth-order valence-electron chi connectivity index (χ4n) is 3.47. The molecule has 0 fully saturated rings. The van der Waals surface area contributed by atoms with Crippen LogP contribution in [0.3, 0.4) is 0 Å². The first kappa shape index (κ1) is 20.5. The van der Waals surface area contributed by atoms with Gasteiger partial charge in [-0.25, -0.2) is 12.8 Å². The summed E-state index contributed by atoms with van der Waals surface area (Å²) in [6.07, 6.45) is 4.56. The van der Waals surface area contributed by atoms with E-state index < -0.39 is 21.7 Å². The van der Waals surface area contributed by atoms with Crippen LogP contribution < -0.4 is 5.32 Å². The molecule has 0 aromatic heterocycles. The third-order valence-electron chi connectivity index (χ3n) is 5.14. The van der Waals surface area contributed by atoms with E-state index in [2.05, 4.69) is 17.4 Å². The normalized spacial score (nSPS) is 15.1. The molecule has 1 N–H and O–H groups in total. The molecule has 3 rings (SSSR count). The molecule has 1 aliphatic rings. The van der Waals surface area contributed by atoms with Gasteiger partial charge in [-0.3, -0.25) is 4.79 Å². The van der Waals surface area contributed by atoms with E-state index in [-0.39, 0.29) is 17.5 Å². The van der Waals surface area contributed by atoms with Gasteiger partial charge in [-0.2, -0.15) is 4.31 Å². The molecule has 0 heterocycles. The second kappa shape index (κ2) is 8.41. The minimum absolute atomic E-state index is 0.0491. The van der Waals surface area contributed by atoms with Crippen molar-refractivity contribution in [3.05, 3.63) is 65.0 Å². The number of benzene rings is 2. The molecule has 0 spiro atoms. The molecule has 1 atom stereocenters. The maximum Gasteiger partial charge on any atom is 0.243 e. The lowest BCUT2D eigenvalue weighted by molar-refractivity contribution is -0.121. The van der Waals surface area contributed by atoms with Crippen LogP contribution in [-0.4, -0.2) is 32.2 Å². The first-order valence-corrected chi connectivity index (χ1v) is 10.8. The lowest BCUT2D eigenvalue weighted by Gasteiger charge is -2.21. The third-order valence-corrected chi connectivity index (χ3v) is 6.96. The van der Waals surface area contributed by atoms with Crippen LogP contribution in [0, 0.1) is 5.82 Å². The topological polar surface area (TPSA) is 66.5 Å². The van der Waals surface area contributed by atoms with Crippen LogP contribution in [0.1, 0.15) is 42.5 Å². The minimum atomic E-state index is -3.86. The number of aryl methyl sites for hydroxylation is 2. The molecular formula is C21H25FN2O3S. The molecule has 7 heteroatoms. The molecule has 1 amide bonds. The van der Waals surface area contributed by atoms with E-state index >= 15 is 0 Å². The molecule has 0 saturated heterocycles. The number of sulfonamides is 1. The summed E-state index contributed by atoms with van der Waals surface area (Å²) in [6, 6.07) is 10.6. The van der Waals surface area contributed by atoms with Crippen molar-refractivity contribution in [3.63, 3.8) is 0 Å². The number of hydrogen-bond donors (Lipinski definition) is 1. The number of rotatable bonds is 6. The van der Waals surface area contributed by atoms with Crippen molar-refractivity contribution in [2.24, 2.45) is 0 Å². The van der Waals surface area contributed by atoms with Crippen LogP contribution in [0.15, 0.2) is 47.4 Å². The average Bonchev–Trinajstić information content (AvgIpc) is 2.67. The van der Waals surface area contributed by atoms with E-state index in [0.29, 0.717) is 0 Å². The summed E-state index contributed by atoms with van der Waals surface area (Å²) < 4.78 is 39.0. The van der Waals surface area contributed by atoms with E-state index in [0.717, 1.165) is 34.8 Å². The number of carbonyl (C=O) groups is 1. The average molecular weight is 405 g/mol. The highest BCUT2D eigenvalue weighted by Crippen LogP contribution is 2.24. The summed E-state index contributed by atoms with van der Waals surface area (Å²) >= 11 is 0. The number of fused-ring (bicyclic) bond motifs is 1. The zero-order valence-corrected chi connectivity index (χ0v) is 16.9. The number of likely N-dealkylation sites (N-methyl/N-ethyl adjacent to an activating group) is 1. The van der Waals surface area contributed by atoms with E-state index in [1.807, 2.05) is 13.0 Å². The third kappa shape index (κ3) is 4.59. The van der Waals surface area contributed by atoms with Gasteiger partial charge < -0.3 is 5.32 Å². The van der Waals surface area contributed by atoms with Gasteiger partial charge in [0.25, 0.3) is 0 Å². The fourth-order valence-corrected chi connectivity index (χ4v) is 4.59. The maximum atomic E-state index is 13.0. The number of carbonyl (C=O) groups excluding carboxylic acids is 1. The van der Waals surface area contributed by atoms with Gasteiger partial charge in [0.2, 0.25) is 15.9 Å². The molecule has 28 heavy (non-hydrogen) atoms. The first-order chi connectivity index (χ1) is 13.3. The van der Waals surface area contributed by atoms with Crippen molar-refractivity contribution in [1.82, 2.24) is 9.62 Å². The number of halogens is 1. The molecule has 1 aliphatic carbocycles. The highest BCUT2D eigenvalue weighted by atomic mass is 32.2. The highest BCUT2D eigenvalue weighted by Gasteiger charge is 2.24. The molecule has 150 valence electrons. The summed E-state index contributed by atoms with van der Waals surface area (Å²) in [4.78, 5) is 12.3. The predicted molar refractivity (Wildman–Crippen MR) is 106 cm³/mol. The lowest BCUT2D eigenvalue weighted by Crippen LogP contribution is -2.39. The predicted octanol–water partition coefficient (Wildman–Crippen LogP) is 3.20. The van der Waals surface area contributed by atoms with Gasteiger partial charge in [-0.15, -0.1) is 0 Å². The largest absolute Gasteiger partial charge is 0.348 e. The van der Waals surface area contributed by atoms with Crippen LogP contribution in [0.2, 0.25) is 0 Å².